The van der Waals surface area contributed by atoms with Gasteiger partial charge in [0, 0.05) is 17.5 Å². The number of nitrogens with zero attached hydrogens (tertiary/aromatic N) is 2. The van der Waals surface area contributed by atoms with Crippen LogP contribution in [0.15, 0.2) is 57.9 Å². The zero-order valence-corrected chi connectivity index (χ0v) is 17.7. The van der Waals surface area contributed by atoms with Gasteiger partial charge in [-0.05, 0) is 80.1 Å². The number of ether oxygens (including phenoxy) is 1. The first-order chi connectivity index (χ1) is 15.2. The summed E-state index contributed by atoms with van der Waals surface area (Å²) >= 11 is 0. The van der Waals surface area contributed by atoms with Gasteiger partial charge in [0.05, 0.1) is 24.3 Å². The van der Waals surface area contributed by atoms with Gasteiger partial charge in [0.1, 0.15) is 17.2 Å². The van der Waals surface area contributed by atoms with Crippen LogP contribution in [0.25, 0.3) is 33.3 Å². The lowest BCUT2D eigenvalue weighted by Crippen LogP contribution is -2.30. The van der Waals surface area contributed by atoms with Crippen molar-refractivity contribution >= 4 is 21.9 Å². The monoisotopic (exact) mass is 417 g/mol. The van der Waals surface area contributed by atoms with Gasteiger partial charge in [-0.3, -0.25) is 9.36 Å². The summed E-state index contributed by atoms with van der Waals surface area (Å²) in [6, 6.07) is 13.4. The van der Waals surface area contributed by atoms with Crippen molar-refractivity contribution in [1.29, 1.82) is 0 Å². The molecule has 0 aliphatic heterocycles. The molecule has 1 saturated carbocycles. The number of hydrogen-bond acceptors (Lipinski definition) is 5. The molecule has 1 aliphatic carbocycles. The molecule has 1 fully saturated rings. The highest BCUT2D eigenvalue weighted by molar-refractivity contribution is 5.85. The maximum absolute atomic E-state index is 13.7. The number of furan rings is 1. The van der Waals surface area contributed by atoms with Crippen molar-refractivity contribution in [2.45, 2.75) is 32.2 Å². The summed E-state index contributed by atoms with van der Waals surface area (Å²) in [4.78, 5) is 18.6. The third-order valence-corrected chi connectivity index (χ3v) is 6.54. The maximum atomic E-state index is 13.7. The van der Waals surface area contributed by atoms with E-state index in [0.29, 0.717) is 47.4 Å². The maximum Gasteiger partial charge on any atom is 0.261 e. The molecular formula is C25H27N3O3. The van der Waals surface area contributed by atoms with E-state index >= 15 is 0 Å². The largest absolute Gasteiger partial charge is 0.497 e. The van der Waals surface area contributed by atoms with Crippen LogP contribution in [0.1, 0.15) is 25.7 Å². The number of rotatable bonds is 5. The lowest BCUT2D eigenvalue weighted by molar-refractivity contribution is 0.246. The minimum atomic E-state index is -0.0268. The molecule has 160 valence electrons. The number of nitrogens with two attached hydrogens (primary N) is 1. The molecule has 2 aromatic carbocycles. The highest BCUT2D eigenvalue weighted by atomic mass is 16.5. The minimum Gasteiger partial charge on any atom is -0.497 e. The molecular weight excluding hydrogens is 390 g/mol. The van der Waals surface area contributed by atoms with Gasteiger partial charge in [0.25, 0.3) is 5.56 Å². The molecule has 0 radical (unpaired) electrons. The van der Waals surface area contributed by atoms with Crippen LogP contribution in [-0.4, -0.2) is 23.2 Å². The molecule has 2 unspecified atom stereocenters. The van der Waals surface area contributed by atoms with Gasteiger partial charge >= 0.3 is 0 Å². The van der Waals surface area contributed by atoms with E-state index in [0.717, 1.165) is 35.8 Å². The van der Waals surface area contributed by atoms with E-state index in [4.69, 9.17) is 19.9 Å². The Balaban J connectivity index is 1.66. The molecule has 0 bridgehead atoms. The van der Waals surface area contributed by atoms with Crippen LogP contribution in [0.4, 0.5) is 0 Å². The predicted octanol–water partition coefficient (Wildman–Crippen LogP) is 4.58. The van der Waals surface area contributed by atoms with Crippen LogP contribution >= 0.6 is 0 Å². The normalized spacial score (nSPS) is 19.2. The van der Waals surface area contributed by atoms with Gasteiger partial charge < -0.3 is 14.9 Å². The third-order valence-electron chi connectivity index (χ3n) is 6.54. The van der Waals surface area contributed by atoms with Crippen molar-refractivity contribution < 1.29 is 9.15 Å². The van der Waals surface area contributed by atoms with Crippen LogP contribution in [0.3, 0.4) is 0 Å². The van der Waals surface area contributed by atoms with Crippen molar-refractivity contribution in [3.8, 4) is 17.1 Å². The number of methoxy groups -OCH3 is 1. The van der Waals surface area contributed by atoms with E-state index in [1.807, 2.05) is 41.0 Å². The summed E-state index contributed by atoms with van der Waals surface area (Å²) in [6.07, 6.45) is 6.18. The third kappa shape index (κ3) is 3.72. The lowest BCUT2D eigenvalue weighted by Gasteiger charge is -2.29. The first kappa shape index (κ1) is 19.8. The first-order valence-electron chi connectivity index (χ1n) is 10.9. The topological polar surface area (TPSA) is 83.3 Å². The fourth-order valence-electron chi connectivity index (χ4n) is 4.86. The predicted molar refractivity (Wildman–Crippen MR) is 122 cm³/mol. The van der Waals surface area contributed by atoms with Gasteiger partial charge in [-0.15, -0.1) is 0 Å². The van der Waals surface area contributed by atoms with Crippen molar-refractivity contribution in [3.05, 3.63) is 59.1 Å². The molecule has 4 aromatic rings. The molecule has 2 heterocycles. The van der Waals surface area contributed by atoms with E-state index in [-0.39, 0.29) is 5.56 Å². The molecule has 6 heteroatoms. The Kier molecular flexibility index (Phi) is 5.24. The second-order valence-electron chi connectivity index (χ2n) is 8.54. The summed E-state index contributed by atoms with van der Waals surface area (Å²) in [5.74, 6) is 2.31. The van der Waals surface area contributed by atoms with Crippen molar-refractivity contribution in [2.75, 3.05) is 13.7 Å². The SMILES string of the molecule is COc1ccc2nc(-c3ccc4occc4c3)n(CC3CCCC(CN)C3)c(=O)c2c1. The fourth-order valence-corrected chi connectivity index (χ4v) is 4.86. The molecule has 0 saturated heterocycles. The zero-order valence-electron chi connectivity index (χ0n) is 17.7. The number of fused-ring (bicyclic) bond motifs is 2. The molecule has 2 aromatic heterocycles. The molecule has 31 heavy (non-hydrogen) atoms. The molecule has 0 amide bonds. The van der Waals surface area contributed by atoms with Crippen LogP contribution in [-0.2, 0) is 6.54 Å². The van der Waals surface area contributed by atoms with Crippen LogP contribution in [0.5, 0.6) is 5.75 Å². The number of hydrogen-bond donors (Lipinski definition) is 1. The summed E-state index contributed by atoms with van der Waals surface area (Å²) in [5, 5.41) is 1.58. The van der Waals surface area contributed by atoms with Gasteiger partial charge in [-0.2, -0.15) is 0 Å². The van der Waals surface area contributed by atoms with Crippen LogP contribution in [0.2, 0.25) is 0 Å². The summed E-state index contributed by atoms with van der Waals surface area (Å²) in [5.41, 5.74) is 8.33. The second kappa shape index (κ2) is 8.19. The molecule has 6 nitrogen and oxygen atoms in total. The van der Waals surface area contributed by atoms with Gasteiger partial charge in [-0.25, -0.2) is 4.98 Å². The quantitative estimate of drug-likeness (QED) is 0.514. The van der Waals surface area contributed by atoms with Gasteiger partial charge in [0.15, 0.2) is 0 Å². The zero-order chi connectivity index (χ0) is 21.4. The molecule has 2 N–H and O–H groups in total. The van der Waals surface area contributed by atoms with Crippen LogP contribution in [0, 0.1) is 11.8 Å². The highest BCUT2D eigenvalue weighted by Crippen LogP contribution is 2.31. The fraction of sp³-hybridized carbons (Fsp3) is 0.360. The van der Waals surface area contributed by atoms with Gasteiger partial charge in [-0.1, -0.05) is 6.42 Å². The Morgan fingerprint density at radius 2 is 2.03 bits per heavy atom. The molecule has 5 rings (SSSR count). The lowest BCUT2D eigenvalue weighted by atomic mass is 9.81. The summed E-state index contributed by atoms with van der Waals surface area (Å²) < 4.78 is 12.7. The Morgan fingerprint density at radius 1 is 1.16 bits per heavy atom. The summed E-state index contributed by atoms with van der Waals surface area (Å²) in [7, 11) is 1.61. The Hall–Kier alpha value is -3.12. The second-order valence-corrected chi connectivity index (χ2v) is 8.54. The smallest absolute Gasteiger partial charge is 0.261 e. The Labute approximate surface area is 180 Å². The van der Waals surface area contributed by atoms with Gasteiger partial charge in [0.2, 0.25) is 0 Å². The Bertz CT molecular complexity index is 1290. The Morgan fingerprint density at radius 3 is 2.87 bits per heavy atom. The highest BCUT2D eigenvalue weighted by Gasteiger charge is 2.24. The first-order valence-corrected chi connectivity index (χ1v) is 10.9. The van der Waals surface area contributed by atoms with Crippen molar-refractivity contribution in [3.63, 3.8) is 0 Å². The number of benzene rings is 2. The minimum absolute atomic E-state index is 0.0268. The van der Waals surface area contributed by atoms with E-state index in [1.165, 1.54) is 6.42 Å². The average molecular weight is 418 g/mol. The number of aromatic nitrogens is 2. The standard InChI is InChI=1S/C25H27N3O3/c1-30-20-6-7-22-21(13-20)25(29)28(15-17-4-2-3-16(11-17)14-26)24(27-22)19-5-8-23-18(12-19)9-10-31-23/h5-10,12-13,16-17H,2-4,11,14-15,26H2,1H3. The summed E-state index contributed by atoms with van der Waals surface area (Å²) in [6.45, 7) is 1.36. The van der Waals surface area contributed by atoms with E-state index in [2.05, 4.69) is 0 Å². The molecule has 1 aliphatic rings. The average Bonchev–Trinajstić information content (AvgIpc) is 3.28. The van der Waals surface area contributed by atoms with E-state index in [1.54, 1.807) is 19.4 Å². The van der Waals surface area contributed by atoms with E-state index < -0.39 is 0 Å². The van der Waals surface area contributed by atoms with Crippen molar-refractivity contribution in [2.24, 2.45) is 17.6 Å². The van der Waals surface area contributed by atoms with E-state index in [9.17, 15) is 4.79 Å². The molecule has 0 spiro atoms. The van der Waals surface area contributed by atoms with Crippen molar-refractivity contribution in [1.82, 2.24) is 9.55 Å². The molecule has 2 atom stereocenters. The van der Waals surface area contributed by atoms with Crippen LogP contribution < -0.4 is 16.0 Å².